The van der Waals surface area contributed by atoms with Crippen molar-refractivity contribution in [3.8, 4) is 0 Å². The molecule has 0 spiro atoms. The Balaban J connectivity index is 1.73. The first-order chi connectivity index (χ1) is 12.1. The first-order valence-corrected chi connectivity index (χ1v) is 9.32. The Bertz CT molecular complexity index is 754. The fourth-order valence-corrected chi connectivity index (χ4v) is 4.35. The van der Waals surface area contributed by atoms with Gasteiger partial charge in [0, 0.05) is 4.88 Å². The minimum atomic E-state index is -0.989. The number of aryl methyl sites for hydroxylation is 1. The van der Waals surface area contributed by atoms with Crippen LogP contribution in [0.5, 0.6) is 0 Å². The van der Waals surface area contributed by atoms with Crippen molar-refractivity contribution in [1.82, 2.24) is 0 Å². The Morgan fingerprint density at radius 2 is 1.80 bits per heavy atom. The van der Waals surface area contributed by atoms with Crippen LogP contribution in [0.15, 0.2) is 30.3 Å². The van der Waals surface area contributed by atoms with E-state index in [-0.39, 0.29) is 12.2 Å². The summed E-state index contributed by atoms with van der Waals surface area (Å²) in [5.41, 5.74) is 2.00. The van der Waals surface area contributed by atoms with Crippen LogP contribution >= 0.6 is 11.3 Å². The Labute approximate surface area is 150 Å². The van der Waals surface area contributed by atoms with Crippen LogP contribution in [0.3, 0.4) is 0 Å². The normalized spacial score (nSPS) is 14.1. The van der Waals surface area contributed by atoms with Crippen molar-refractivity contribution in [3.63, 3.8) is 0 Å². The van der Waals surface area contributed by atoms with Gasteiger partial charge >= 0.3 is 12.1 Å². The van der Waals surface area contributed by atoms with Crippen molar-refractivity contribution >= 4 is 28.4 Å². The van der Waals surface area contributed by atoms with Crippen LogP contribution in [-0.2, 0) is 24.2 Å². The molecule has 1 amide bonds. The minimum absolute atomic E-state index is 0.153. The third-order valence-electron chi connectivity index (χ3n) is 4.31. The number of aromatic carboxylic acids is 1. The zero-order valence-corrected chi connectivity index (χ0v) is 14.7. The van der Waals surface area contributed by atoms with E-state index in [0.29, 0.717) is 5.00 Å². The second kappa shape index (κ2) is 8.16. The molecule has 0 saturated heterocycles. The SMILES string of the molecule is O=C(Nc1sc2c(c1C(=O)O)CCCCCC2)OCc1ccccc1. The van der Waals surface area contributed by atoms with Gasteiger partial charge in [-0.15, -0.1) is 11.3 Å². The molecule has 1 aliphatic carbocycles. The summed E-state index contributed by atoms with van der Waals surface area (Å²) in [7, 11) is 0. The number of anilines is 1. The van der Waals surface area contributed by atoms with Crippen molar-refractivity contribution in [2.75, 3.05) is 5.32 Å². The van der Waals surface area contributed by atoms with E-state index in [1.165, 1.54) is 17.8 Å². The first-order valence-electron chi connectivity index (χ1n) is 8.50. The first kappa shape index (κ1) is 17.5. The molecule has 0 saturated carbocycles. The maximum absolute atomic E-state index is 12.1. The molecular weight excluding hydrogens is 338 g/mol. The molecule has 25 heavy (non-hydrogen) atoms. The molecule has 132 valence electrons. The average Bonchev–Trinajstić information content (AvgIpc) is 2.90. The number of benzene rings is 1. The van der Waals surface area contributed by atoms with Gasteiger partial charge in [0.2, 0.25) is 0 Å². The van der Waals surface area contributed by atoms with Gasteiger partial charge in [0.1, 0.15) is 11.6 Å². The standard InChI is InChI=1S/C19H21NO4S/c21-18(22)16-14-10-6-1-2-7-11-15(14)25-17(16)20-19(23)24-12-13-8-4-3-5-9-13/h3-5,8-9H,1-2,6-7,10-12H2,(H,20,23)(H,21,22). The number of amides is 1. The number of hydrogen-bond acceptors (Lipinski definition) is 4. The smallest absolute Gasteiger partial charge is 0.412 e. The molecule has 0 unspecified atom stereocenters. The van der Waals surface area contributed by atoms with Gasteiger partial charge in [0.25, 0.3) is 0 Å². The number of carboxylic acid groups (broad SMARTS) is 1. The van der Waals surface area contributed by atoms with Crippen LogP contribution in [0.2, 0.25) is 0 Å². The molecule has 5 nitrogen and oxygen atoms in total. The minimum Gasteiger partial charge on any atom is -0.478 e. The molecule has 0 fully saturated rings. The highest BCUT2D eigenvalue weighted by atomic mass is 32.1. The van der Waals surface area contributed by atoms with Crippen molar-refractivity contribution in [2.24, 2.45) is 0 Å². The summed E-state index contributed by atoms with van der Waals surface area (Å²) in [6.45, 7) is 0.153. The predicted octanol–water partition coefficient (Wildman–Crippen LogP) is 4.85. The summed E-state index contributed by atoms with van der Waals surface area (Å²) in [6, 6.07) is 9.38. The number of carboxylic acids is 1. The molecule has 2 aromatic rings. The molecule has 0 radical (unpaired) electrons. The third-order valence-corrected chi connectivity index (χ3v) is 5.52. The monoisotopic (exact) mass is 359 g/mol. The summed E-state index contributed by atoms with van der Waals surface area (Å²) in [5, 5.41) is 12.6. The quantitative estimate of drug-likeness (QED) is 0.818. The van der Waals surface area contributed by atoms with E-state index in [2.05, 4.69) is 5.32 Å². The van der Waals surface area contributed by atoms with E-state index < -0.39 is 12.1 Å². The highest BCUT2D eigenvalue weighted by Crippen LogP contribution is 2.37. The van der Waals surface area contributed by atoms with E-state index in [1.54, 1.807) is 0 Å². The number of rotatable bonds is 4. The number of fused-ring (bicyclic) bond motifs is 1. The molecule has 1 aliphatic rings. The van der Waals surface area contributed by atoms with Gasteiger partial charge < -0.3 is 9.84 Å². The molecule has 3 rings (SSSR count). The van der Waals surface area contributed by atoms with Gasteiger partial charge in [0.15, 0.2) is 0 Å². The number of carbonyl (C=O) groups excluding carboxylic acids is 1. The van der Waals surface area contributed by atoms with Gasteiger partial charge in [0.05, 0.1) is 5.56 Å². The Morgan fingerprint density at radius 1 is 1.08 bits per heavy atom. The van der Waals surface area contributed by atoms with E-state index in [4.69, 9.17) is 4.74 Å². The highest BCUT2D eigenvalue weighted by Gasteiger charge is 2.25. The summed E-state index contributed by atoms with van der Waals surface area (Å²) in [6.07, 6.45) is 5.35. The zero-order valence-electron chi connectivity index (χ0n) is 13.9. The molecule has 1 heterocycles. The fourth-order valence-electron chi connectivity index (χ4n) is 3.09. The number of carbonyl (C=O) groups is 2. The van der Waals surface area contributed by atoms with Crippen LogP contribution in [0, 0.1) is 0 Å². The maximum Gasteiger partial charge on any atom is 0.412 e. The van der Waals surface area contributed by atoms with E-state index in [9.17, 15) is 14.7 Å². The van der Waals surface area contributed by atoms with E-state index in [0.717, 1.165) is 48.1 Å². The second-order valence-electron chi connectivity index (χ2n) is 6.11. The lowest BCUT2D eigenvalue weighted by atomic mass is 9.96. The van der Waals surface area contributed by atoms with Gasteiger partial charge in [-0.1, -0.05) is 43.2 Å². The van der Waals surface area contributed by atoms with Crippen LogP contribution < -0.4 is 5.32 Å². The maximum atomic E-state index is 12.1. The molecule has 0 aliphatic heterocycles. The van der Waals surface area contributed by atoms with Gasteiger partial charge in [-0.2, -0.15) is 0 Å². The van der Waals surface area contributed by atoms with Crippen molar-refractivity contribution < 1.29 is 19.4 Å². The number of nitrogens with one attached hydrogen (secondary N) is 1. The Kier molecular flexibility index (Phi) is 5.71. The van der Waals surface area contributed by atoms with Crippen molar-refractivity contribution in [3.05, 3.63) is 51.9 Å². The topological polar surface area (TPSA) is 75.6 Å². The van der Waals surface area contributed by atoms with Gasteiger partial charge in [-0.25, -0.2) is 9.59 Å². The molecule has 2 N–H and O–H groups in total. The van der Waals surface area contributed by atoms with Crippen molar-refractivity contribution in [2.45, 2.75) is 45.1 Å². The third kappa shape index (κ3) is 4.39. The molecule has 0 atom stereocenters. The lowest BCUT2D eigenvalue weighted by Crippen LogP contribution is -2.15. The largest absolute Gasteiger partial charge is 0.478 e. The molecular formula is C19H21NO4S. The lowest BCUT2D eigenvalue weighted by molar-refractivity contribution is 0.0697. The Hall–Kier alpha value is -2.34. The van der Waals surface area contributed by atoms with Crippen molar-refractivity contribution in [1.29, 1.82) is 0 Å². The lowest BCUT2D eigenvalue weighted by Gasteiger charge is -2.10. The summed E-state index contributed by atoms with van der Waals surface area (Å²) < 4.78 is 5.21. The summed E-state index contributed by atoms with van der Waals surface area (Å²) >= 11 is 1.37. The van der Waals surface area contributed by atoms with Crippen LogP contribution in [-0.4, -0.2) is 17.2 Å². The number of hydrogen-bond donors (Lipinski definition) is 2. The predicted molar refractivity (Wildman–Crippen MR) is 97.4 cm³/mol. The number of ether oxygens (including phenoxy) is 1. The van der Waals surface area contributed by atoms with Crippen LogP contribution in [0.4, 0.5) is 9.80 Å². The molecule has 1 aromatic heterocycles. The second-order valence-corrected chi connectivity index (χ2v) is 7.22. The van der Waals surface area contributed by atoms with Crippen LogP contribution in [0.1, 0.15) is 52.0 Å². The average molecular weight is 359 g/mol. The summed E-state index contributed by atoms with van der Waals surface area (Å²) in [4.78, 5) is 24.9. The van der Waals surface area contributed by atoms with E-state index >= 15 is 0 Å². The van der Waals surface area contributed by atoms with Gasteiger partial charge in [-0.05, 0) is 36.8 Å². The molecule has 0 bridgehead atoms. The summed E-state index contributed by atoms with van der Waals surface area (Å²) in [5.74, 6) is -0.989. The van der Waals surface area contributed by atoms with Gasteiger partial charge in [-0.3, -0.25) is 5.32 Å². The highest BCUT2D eigenvalue weighted by molar-refractivity contribution is 7.17. The Morgan fingerprint density at radius 3 is 2.52 bits per heavy atom. The van der Waals surface area contributed by atoms with Crippen LogP contribution in [0.25, 0.3) is 0 Å². The molecule has 6 heteroatoms. The molecule has 1 aromatic carbocycles. The zero-order chi connectivity index (χ0) is 17.6. The fraction of sp³-hybridized carbons (Fsp3) is 0.368. The number of thiophene rings is 1. The van der Waals surface area contributed by atoms with E-state index in [1.807, 2.05) is 30.3 Å².